The lowest BCUT2D eigenvalue weighted by molar-refractivity contribution is 0.125. The second-order valence-corrected chi connectivity index (χ2v) is 9.41. The summed E-state index contributed by atoms with van der Waals surface area (Å²) in [6, 6.07) is 13.4. The van der Waals surface area contributed by atoms with Crippen molar-refractivity contribution in [2.75, 3.05) is 54.9 Å². The highest BCUT2D eigenvalue weighted by molar-refractivity contribution is 14.0. The molecule has 3 atom stereocenters. The standard InChI is InChI=1S/C24H37N5OS.HI/c1-25-24(27-17-21(28(2)3)18-10-12-20(30-5)13-11-18)26-16-19-8-6-14-29(4)23(19)22-9-7-15-31-22;/h7,9-13,15,19,21,23H,6,8,14,16-17H2,1-5H3,(H2,25,26,27);1H. The second-order valence-electron chi connectivity index (χ2n) is 8.43. The van der Waals surface area contributed by atoms with Gasteiger partial charge in [-0.1, -0.05) is 18.2 Å². The molecule has 2 aromatic rings. The van der Waals surface area contributed by atoms with Crippen LogP contribution in [-0.2, 0) is 0 Å². The van der Waals surface area contributed by atoms with Crippen molar-refractivity contribution in [3.8, 4) is 5.75 Å². The average molecular weight is 572 g/mol. The summed E-state index contributed by atoms with van der Waals surface area (Å²) >= 11 is 1.86. The number of benzene rings is 1. The predicted octanol–water partition coefficient (Wildman–Crippen LogP) is 4.23. The Bertz CT molecular complexity index is 812. The lowest BCUT2D eigenvalue weighted by Gasteiger charge is -2.39. The van der Waals surface area contributed by atoms with Crippen LogP contribution in [0.25, 0.3) is 0 Å². The van der Waals surface area contributed by atoms with E-state index in [4.69, 9.17) is 4.74 Å². The Hall–Kier alpha value is -1.36. The zero-order valence-electron chi connectivity index (χ0n) is 19.9. The van der Waals surface area contributed by atoms with Gasteiger partial charge in [0.1, 0.15) is 5.75 Å². The summed E-state index contributed by atoms with van der Waals surface area (Å²) in [5.74, 6) is 2.31. The van der Waals surface area contributed by atoms with Crippen molar-refractivity contribution in [1.29, 1.82) is 0 Å². The first kappa shape index (κ1) is 26.9. The van der Waals surface area contributed by atoms with Crippen LogP contribution in [0.3, 0.4) is 0 Å². The summed E-state index contributed by atoms with van der Waals surface area (Å²) in [6.07, 6.45) is 2.49. The molecule has 6 nitrogen and oxygen atoms in total. The van der Waals surface area contributed by atoms with E-state index in [9.17, 15) is 0 Å². The molecule has 8 heteroatoms. The van der Waals surface area contributed by atoms with Crippen molar-refractivity contribution in [3.63, 3.8) is 0 Å². The number of piperidine rings is 1. The molecule has 1 fully saturated rings. The van der Waals surface area contributed by atoms with Gasteiger partial charge in [0.25, 0.3) is 0 Å². The number of likely N-dealkylation sites (tertiary alicyclic amines) is 1. The fourth-order valence-corrected chi connectivity index (χ4v) is 5.43. The summed E-state index contributed by atoms with van der Waals surface area (Å²) in [4.78, 5) is 10.7. The molecule has 1 aromatic carbocycles. The van der Waals surface area contributed by atoms with Crippen molar-refractivity contribution in [1.82, 2.24) is 20.4 Å². The van der Waals surface area contributed by atoms with Gasteiger partial charge in [-0.3, -0.25) is 9.89 Å². The lowest BCUT2D eigenvalue weighted by atomic mass is 9.88. The van der Waals surface area contributed by atoms with Gasteiger partial charge in [0, 0.05) is 31.1 Å². The number of aliphatic imine (C=N–C) groups is 1. The minimum atomic E-state index is 0. The number of rotatable bonds is 8. The van der Waals surface area contributed by atoms with E-state index in [0.717, 1.165) is 24.8 Å². The molecule has 0 bridgehead atoms. The summed E-state index contributed by atoms with van der Waals surface area (Å²) in [6.45, 7) is 2.86. The smallest absolute Gasteiger partial charge is 0.191 e. The molecule has 0 radical (unpaired) electrons. The van der Waals surface area contributed by atoms with Gasteiger partial charge >= 0.3 is 0 Å². The SMILES string of the molecule is CN=C(NCC1CCCN(C)C1c1cccs1)NCC(c1ccc(OC)cc1)N(C)C.I. The van der Waals surface area contributed by atoms with Crippen molar-refractivity contribution in [2.45, 2.75) is 24.9 Å². The first-order valence-corrected chi connectivity index (χ1v) is 11.9. The maximum atomic E-state index is 5.30. The number of thiophene rings is 1. The van der Waals surface area contributed by atoms with E-state index in [1.165, 1.54) is 29.8 Å². The van der Waals surface area contributed by atoms with Crippen LogP contribution in [0.15, 0.2) is 46.8 Å². The molecule has 178 valence electrons. The molecular weight excluding hydrogens is 533 g/mol. The first-order valence-electron chi connectivity index (χ1n) is 11.0. The molecule has 32 heavy (non-hydrogen) atoms. The molecular formula is C24H38IN5OS. The number of nitrogens with zero attached hydrogens (tertiary/aromatic N) is 3. The number of hydrogen-bond acceptors (Lipinski definition) is 5. The molecule has 0 spiro atoms. The van der Waals surface area contributed by atoms with Gasteiger partial charge in [-0.25, -0.2) is 0 Å². The Kier molecular flexibility index (Phi) is 11.2. The van der Waals surface area contributed by atoms with E-state index in [0.29, 0.717) is 12.0 Å². The Morgan fingerprint density at radius 1 is 1.25 bits per heavy atom. The third-order valence-corrected chi connectivity index (χ3v) is 7.13. The van der Waals surface area contributed by atoms with E-state index in [1.807, 2.05) is 30.5 Å². The number of guanidine groups is 1. The highest BCUT2D eigenvalue weighted by Crippen LogP contribution is 2.36. The summed E-state index contributed by atoms with van der Waals surface area (Å²) in [5, 5.41) is 9.31. The zero-order valence-corrected chi connectivity index (χ0v) is 23.0. The molecule has 3 rings (SSSR count). The Morgan fingerprint density at radius 3 is 2.59 bits per heavy atom. The van der Waals surface area contributed by atoms with E-state index < -0.39 is 0 Å². The average Bonchev–Trinajstić information content (AvgIpc) is 3.30. The number of nitrogens with one attached hydrogen (secondary N) is 2. The summed E-state index contributed by atoms with van der Waals surface area (Å²) in [7, 11) is 10.0. The van der Waals surface area contributed by atoms with E-state index in [2.05, 4.69) is 76.2 Å². The van der Waals surface area contributed by atoms with E-state index in [-0.39, 0.29) is 30.0 Å². The molecule has 1 aliphatic rings. The van der Waals surface area contributed by atoms with Gasteiger partial charge in [0.2, 0.25) is 0 Å². The van der Waals surface area contributed by atoms with Gasteiger partial charge in [-0.15, -0.1) is 35.3 Å². The Morgan fingerprint density at radius 2 is 2.00 bits per heavy atom. The topological polar surface area (TPSA) is 52.1 Å². The largest absolute Gasteiger partial charge is 0.497 e. The molecule has 1 aromatic heterocycles. The number of likely N-dealkylation sites (N-methyl/N-ethyl adjacent to an activating group) is 1. The lowest BCUT2D eigenvalue weighted by Crippen LogP contribution is -2.46. The molecule has 0 amide bonds. The maximum Gasteiger partial charge on any atom is 0.191 e. The van der Waals surface area contributed by atoms with Crippen molar-refractivity contribution < 1.29 is 4.74 Å². The van der Waals surface area contributed by atoms with Gasteiger partial charge in [0.05, 0.1) is 13.2 Å². The third kappa shape index (κ3) is 7.07. The molecule has 3 unspecified atom stereocenters. The molecule has 0 saturated carbocycles. The van der Waals surface area contributed by atoms with Crippen molar-refractivity contribution in [2.24, 2.45) is 10.9 Å². The number of hydrogen-bond donors (Lipinski definition) is 2. The number of ether oxygens (including phenoxy) is 1. The summed E-state index contributed by atoms with van der Waals surface area (Å²) in [5.41, 5.74) is 1.25. The maximum absolute atomic E-state index is 5.30. The van der Waals surface area contributed by atoms with E-state index in [1.54, 1.807) is 7.11 Å². The normalized spacial score (nSPS) is 20.5. The van der Waals surface area contributed by atoms with Crippen molar-refractivity contribution >= 4 is 41.3 Å². The van der Waals surface area contributed by atoms with Crippen LogP contribution in [0.4, 0.5) is 0 Å². The quantitative estimate of drug-likeness (QED) is 0.282. The first-order chi connectivity index (χ1) is 15.0. The van der Waals surface area contributed by atoms with Crippen LogP contribution < -0.4 is 15.4 Å². The second kappa shape index (κ2) is 13.4. The highest BCUT2D eigenvalue weighted by Gasteiger charge is 2.31. The van der Waals surface area contributed by atoms with Gasteiger partial charge in [0.15, 0.2) is 5.96 Å². The van der Waals surface area contributed by atoms with Crippen LogP contribution in [0.2, 0.25) is 0 Å². The minimum absolute atomic E-state index is 0. The number of methoxy groups -OCH3 is 1. The van der Waals surface area contributed by atoms with Gasteiger partial charge in [-0.2, -0.15) is 0 Å². The van der Waals surface area contributed by atoms with Gasteiger partial charge in [-0.05, 0) is 75.6 Å². The number of halogens is 1. The monoisotopic (exact) mass is 571 g/mol. The van der Waals surface area contributed by atoms with Crippen LogP contribution >= 0.6 is 35.3 Å². The summed E-state index contributed by atoms with van der Waals surface area (Å²) < 4.78 is 5.30. The Balaban J connectivity index is 0.00000363. The highest BCUT2D eigenvalue weighted by atomic mass is 127. The molecule has 0 aliphatic carbocycles. The fraction of sp³-hybridized carbons (Fsp3) is 0.542. The van der Waals surface area contributed by atoms with Crippen LogP contribution in [0, 0.1) is 5.92 Å². The van der Waals surface area contributed by atoms with Gasteiger partial charge < -0.3 is 20.3 Å². The molecule has 2 N–H and O–H groups in total. The zero-order chi connectivity index (χ0) is 22.2. The van der Waals surface area contributed by atoms with Crippen molar-refractivity contribution in [3.05, 3.63) is 52.2 Å². The predicted molar refractivity (Wildman–Crippen MR) is 147 cm³/mol. The molecule has 1 saturated heterocycles. The molecule has 2 heterocycles. The van der Waals surface area contributed by atoms with E-state index >= 15 is 0 Å². The van der Waals surface area contributed by atoms with Crippen LogP contribution in [0.1, 0.15) is 35.4 Å². The third-order valence-electron chi connectivity index (χ3n) is 6.18. The minimum Gasteiger partial charge on any atom is -0.497 e. The fourth-order valence-electron chi connectivity index (χ4n) is 4.45. The molecule has 1 aliphatic heterocycles. The Labute approximate surface area is 214 Å². The van der Waals surface area contributed by atoms with Crippen LogP contribution in [-0.4, -0.2) is 70.7 Å². The van der Waals surface area contributed by atoms with Crippen LogP contribution in [0.5, 0.6) is 5.75 Å².